The summed E-state index contributed by atoms with van der Waals surface area (Å²) in [7, 11) is 0. The van der Waals surface area contributed by atoms with Crippen molar-refractivity contribution in [2.45, 2.75) is 32.7 Å². The Labute approximate surface area is 187 Å². The Morgan fingerprint density at radius 2 is 1.90 bits per heavy atom. The largest absolute Gasteiger partial charge is 0.350 e. The van der Waals surface area contributed by atoms with E-state index in [-0.39, 0.29) is 55.7 Å². The molecule has 7 nitrogen and oxygen atoms in total. The zero-order chi connectivity index (χ0) is 22.4. The first-order chi connectivity index (χ1) is 14.8. The molecule has 3 amide bonds. The van der Waals surface area contributed by atoms with E-state index in [1.54, 1.807) is 12.1 Å². The van der Waals surface area contributed by atoms with Crippen molar-refractivity contribution in [1.82, 2.24) is 10.3 Å². The minimum atomic E-state index is -0.414. The number of halogens is 2. The summed E-state index contributed by atoms with van der Waals surface area (Å²) < 4.78 is 13.9. The van der Waals surface area contributed by atoms with Gasteiger partial charge in [-0.1, -0.05) is 34.1 Å². The molecule has 1 aliphatic heterocycles. The lowest BCUT2D eigenvalue weighted by atomic mass is 10.1. The summed E-state index contributed by atoms with van der Waals surface area (Å²) in [5.41, 5.74) is 2.57. The zero-order valence-electron chi connectivity index (χ0n) is 17.0. The number of anilines is 1. The van der Waals surface area contributed by atoms with Gasteiger partial charge in [-0.15, -0.1) is 0 Å². The monoisotopic (exact) mass is 488 g/mol. The number of hydrazone groups is 1. The van der Waals surface area contributed by atoms with Crippen LogP contribution in [0.1, 0.15) is 30.4 Å². The summed E-state index contributed by atoms with van der Waals surface area (Å²) in [5.74, 6) is -1.20. The average molecular weight is 489 g/mol. The Morgan fingerprint density at radius 1 is 1.16 bits per heavy atom. The van der Waals surface area contributed by atoms with E-state index in [1.807, 2.05) is 25.1 Å². The topological polar surface area (TPSA) is 90.9 Å². The van der Waals surface area contributed by atoms with Crippen LogP contribution in [0.3, 0.4) is 0 Å². The van der Waals surface area contributed by atoms with E-state index in [1.165, 1.54) is 17.1 Å². The van der Waals surface area contributed by atoms with Crippen LogP contribution in [0.25, 0.3) is 0 Å². The molecule has 0 fully saturated rings. The molecule has 1 aliphatic rings. The van der Waals surface area contributed by atoms with Crippen molar-refractivity contribution in [2.75, 3.05) is 11.9 Å². The van der Waals surface area contributed by atoms with Gasteiger partial charge in [0.05, 0.1) is 6.54 Å². The van der Waals surface area contributed by atoms with E-state index in [0.717, 1.165) is 10.0 Å². The van der Waals surface area contributed by atoms with Gasteiger partial charge in [0.2, 0.25) is 11.8 Å². The van der Waals surface area contributed by atoms with Crippen LogP contribution in [0.4, 0.5) is 10.1 Å². The first-order valence-electron chi connectivity index (χ1n) is 9.78. The predicted octanol–water partition coefficient (Wildman–Crippen LogP) is 3.52. The molecule has 2 aromatic rings. The van der Waals surface area contributed by atoms with Crippen molar-refractivity contribution in [1.29, 1.82) is 0 Å². The Hall–Kier alpha value is -3.07. The lowest BCUT2D eigenvalue weighted by molar-refractivity contribution is -0.132. The van der Waals surface area contributed by atoms with Crippen molar-refractivity contribution in [3.05, 3.63) is 63.9 Å². The molecule has 0 saturated heterocycles. The number of amides is 3. The number of rotatable bonds is 7. The van der Waals surface area contributed by atoms with Gasteiger partial charge in [0.15, 0.2) is 0 Å². The van der Waals surface area contributed by atoms with Crippen molar-refractivity contribution in [2.24, 2.45) is 5.10 Å². The Kier molecular flexibility index (Phi) is 7.51. The summed E-state index contributed by atoms with van der Waals surface area (Å²) in [6.45, 7) is 2.19. The van der Waals surface area contributed by atoms with Crippen LogP contribution in [0.2, 0.25) is 0 Å². The van der Waals surface area contributed by atoms with E-state index in [4.69, 9.17) is 0 Å². The number of nitrogens with one attached hydrogen (secondary N) is 2. The molecular weight excluding hydrogens is 467 g/mol. The molecule has 0 atom stereocenters. The molecular formula is C22H22BrFN4O3. The molecule has 3 rings (SSSR count). The maximum Gasteiger partial charge on any atom is 0.267 e. The van der Waals surface area contributed by atoms with E-state index in [9.17, 15) is 18.8 Å². The van der Waals surface area contributed by atoms with Crippen LogP contribution in [-0.4, -0.2) is 35.0 Å². The van der Waals surface area contributed by atoms with Gasteiger partial charge in [0.1, 0.15) is 11.5 Å². The second-order valence-electron chi connectivity index (χ2n) is 7.14. The van der Waals surface area contributed by atoms with Gasteiger partial charge >= 0.3 is 0 Å². The molecule has 0 aromatic heterocycles. The SMILES string of the molecule is Cc1ccc(Br)cc1NC(=O)CCNC(=O)C1=NN(Cc2ccc(F)cc2)C(=O)CC1. The van der Waals surface area contributed by atoms with Crippen LogP contribution in [0.5, 0.6) is 0 Å². The minimum absolute atomic E-state index is 0.100. The zero-order valence-corrected chi connectivity index (χ0v) is 18.5. The molecule has 0 radical (unpaired) electrons. The van der Waals surface area contributed by atoms with Crippen molar-refractivity contribution in [3.63, 3.8) is 0 Å². The number of carbonyl (C=O) groups excluding carboxylic acids is 3. The maximum absolute atomic E-state index is 13.1. The quantitative estimate of drug-likeness (QED) is 0.624. The molecule has 0 aliphatic carbocycles. The highest BCUT2D eigenvalue weighted by Gasteiger charge is 2.24. The molecule has 0 unspecified atom stereocenters. The first kappa shape index (κ1) is 22.6. The Morgan fingerprint density at radius 3 is 2.65 bits per heavy atom. The van der Waals surface area contributed by atoms with Gasteiger partial charge in [-0.25, -0.2) is 9.40 Å². The Balaban J connectivity index is 1.52. The molecule has 2 aromatic carbocycles. The molecule has 1 heterocycles. The van der Waals surface area contributed by atoms with Crippen LogP contribution in [-0.2, 0) is 20.9 Å². The molecule has 162 valence electrons. The van der Waals surface area contributed by atoms with Gasteiger partial charge in [-0.3, -0.25) is 14.4 Å². The highest BCUT2D eigenvalue weighted by atomic mass is 79.9. The van der Waals surface area contributed by atoms with Crippen molar-refractivity contribution in [3.8, 4) is 0 Å². The van der Waals surface area contributed by atoms with Crippen molar-refractivity contribution < 1.29 is 18.8 Å². The summed E-state index contributed by atoms with van der Waals surface area (Å²) in [5, 5.41) is 10.9. The third kappa shape index (κ3) is 6.45. The third-order valence-electron chi connectivity index (χ3n) is 4.72. The molecule has 0 saturated carbocycles. The normalized spacial score (nSPS) is 13.6. The lowest BCUT2D eigenvalue weighted by Crippen LogP contribution is -2.39. The van der Waals surface area contributed by atoms with E-state index in [0.29, 0.717) is 11.3 Å². The number of benzene rings is 2. The van der Waals surface area contributed by atoms with Gasteiger partial charge < -0.3 is 10.6 Å². The molecule has 2 N–H and O–H groups in total. The van der Waals surface area contributed by atoms with Crippen LogP contribution in [0.15, 0.2) is 52.0 Å². The van der Waals surface area contributed by atoms with Crippen LogP contribution < -0.4 is 10.6 Å². The second-order valence-corrected chi connectivity index (χ2v) is 8.05. The molecule has 9 heteroatoms. The predicted molar refractivity (Wildman–Crippen MR) is 119 cm³/mol. The number of hydrogen-bond donors (Lipinski definition) is 2. The van der Waals surface area contributed by atoms with Crippen LogP contribution in [0, 0.1) is 12.7 Å². The second kappa shape index (κ2) is 10.3. The fraction of sp³-hybridized carbons (Fsp3) is 0.273. The number of aryl methyl sites for hydroxylation is 1. The van der Waals surface area contributed by atoms with E-state index in [2.05, 4.69) is 31.7 Å². The fourth-order valence-electron chi connectivity index (χ4n) is 2.98. The van der Waals surface area contributed by atoms with Crippen molar-refractivity contribution >= 4 is 45.1 Å². The summed E-state index contributed by atoms with van der Waals surface area (Å²) in [4.78, 5) is 36.7. The highest BCUT2D eigenvalue weighted by Crippen LogP contribution is 2.20. The lowest BCUT2D eigenvalue weighted by Gasteiger charge is -2.23. The standard InChI is InChI=1S/C22H22BrFN4O3/c1-14-2-5-16(23)12-19(14)26-20(29)10-11-25-22(31)18-8-9-21(30)28(27-18)13-15-3-6-17(24)7-4-15/h2-7,12H,8-11,13H2,1H3,(H,25,31)(H,26,29). The summed E-state index contributed by atoms with van der Waals surface area (Å²) in [6.07, 6.45) is 0.493. The summed E-state index contributed by atoms with van der Waals surface area (Å²) in [6, 6.07) is 11.3. The fourth-order valence-corrected chi connectivity index (χ4v) is 3.35. The maximum atomic E-state index is 13.1. The number of hydrogen-bond acceptors (Lipinski definition) is 4. The van der Waals surface area contributed by atoms with Gasteiger partial charge in [-0.05, 0) is 42.3 Å². The third-order valence-corrected chi connectivity index (χ3v) is 5.22. The molecule has 0 bridgehead atoms. The van der Waals surface area contributed by atoms with E-state index >= 15 is 0 Å². The molecule has 0 spiro atoms. The van der Waals surface area contributed by atoms with Gasteiger partial charge in [0, 0.05) is 36.0 Å². The number of carbonyl (C=O) groups is 3. The highest BCUT2D eigenvalue weighted by molar-refractivity contribution is 9.10. The molecule has 31 heavy (non-hydrogen) atoms. The summed E-state index contributed by atoms with van der Waals surface area (Å²) >= 11 is 3.37. The average Bonchev–Trinajstić information content (AvgIpc) is 2.74. The smallest absolute Gasteiger partial charge is 0.267 e. The first-order valence-corrected chi connectivity index (χ1v) is 10.6. The van der Waals surface area contributed by atoms with E-state index < -0.39 is 5.91 Å². The van der Waals surface area contributed by atoms with Crippen LogP contribution >= 0.6 is 15.9 Å². The van der Waals surface area contributed by atoms with Gasteiger partial charge in [0.25, 0.3) is 5.91 Å². The number of nitrogens with zero attached hydrogens (tertiary/aromatic N) is 2. The minimum Gasteiger partial charge on any atom is -0.350 e. The Bertz CT molecular complexity index is 1020. The van der Waals surface area contributed by atoms with Gasteiger partial charge in [-0.2, -0.15) is 5.10 Å².